The molecule has 7 heteroatoms. The van der Waals surface area contributed by atoms with Crippen LogP contribution in [-0.2, 0) is 9.63 Å². The zero-order chi connectivity index (χ0) is 14.0. The molecule has 1 atom stereocenters. The van der Waals surface area contributed by atoms with Crippen LogP contribution in [0.4, 0.5) is 13.2 Å². The number of oxime groups is 1. The van der Waals surface area contributed by atoms with Gasteiger partial charge >= 0.3 is 0 Å². The Hall–Kier alpha value is -2.05. The molecule has 0 aliphatic carbocycles. The summed E-state index contributed by atoms with van der Waals surface area (Å²) in [4.78, 5) is 15.7. The van der Waals surface area contributed by atoms with E-state index in [1.165, 1.54) is 6.92 Å². The molecule has 0 bridgehead atoms. The molecule has 4 nitrogen and oxygen atoms in total. The summed E-state index contributed by atoms with van der Waals surface area (Å²) in [6.45, 7) is 1.61. The lowest BCUT2D eigenvalue weighted by Gasteiger charge is -2.07. The summed E-state index contributed by atoms with van der Waals surface area (Å²) < 4.78 is 39.0. The standard InChI is InChI=1S/C12H11F3N2O2/c1-6(18)16-5-8-4-11(17-19-8)7-2-9(13)12(15)10(14)3-7/h2-3,8H,4-5H2,1H3,(H,16,18)/t8-/m1/s1. The average molecular weight is 272 g/mol. The van der Waals surface area contributed by atoms with Crippen LogP contribution in [0.3, 0.4) is 0 Å². The number of rotatable bonds is 3. The van der Waals surface area contributed by atoms with Gasteiger partial charge in [-0.15, -0.1) is 0 Å². The van der Waals surface area contributed by atoms with Crippen molar-refractivity contribution in [3.63, 3.8) is 0 Å². The molecule has 1 aliphatic rings. The monoisotopic (exact) mass is 272 g/mol. The predicted molar refractivity (Wildman–Crippen MR) is 61.0 cm³/mol. The average Bonchev–Trinajstić information content (AvgIpc) is 2.81. The Kier molecular flexibility index (Phi) is 3.73. The largest absolute Gasteiger partial charge is 0.390 e. The number of carbonyl (C=O) groups is 1. The number of nitrogens with zero attached hydrogens (tertiary/aromatic N) is 1. The fourth-order valence-corrected chi connectivity index (χ4v) is 1.69. The molecule has 1 aromatic carbocycles. The Morgan fingerprint density at radius 1 is 1.42 bits per heavy atom. The van der Waals surface area contributed by atoms with Crippen LogP contribution in [0.2, 0.25) is 0 Å². The van der Waals surface area contributed by atoms with Crippen molar-refractivity contribution in [2.45, 2.75) is 19.4 Å². The highest BCUT2D eigenvalue weighted by atomic mass is 19.2. The highest BCUT2D eigenvalue weighted by molar-refractivity contribution is 6.01. The number of halogens is 3. The minimum absolute atomic E-state index is 0.127. The smallest absolute Gasteiger partial charge is 0.217 e. The molecule has 1 amide bonds. The van der Waals surface area contributed by atoms with Crippen LogP contribution in [0.5, 0.6) is 0 Å². The molecule has 1 aliphatic heterocycles. The van der Waals surface area contributed by atoms with E-state index in [9.17, 15) is 18.0 Å². The van der Waals surface area contributed by atoms with Gasteiger partial charge in [0.1, 0.15) is 6.10 Å². The normalized spacial score (nSPS) is 17.9. The van der Waals surface area contributed by atoms with Gasteiger partial charge < -0.3 is 10.2 Å². The molecular formula is C12H11F3N2O2. The van der Waals surface area contributed by atoms with Crippen molar-refractivity contribution < 1.29 is 22.8 Å². The molecule has 1 N–H and O–H groups in total. The Labute approximate surface area is 107 Å². The highest BCUT2D eigenvalue weighted by Crippen LogP contribution is 2.20. The topological polar surface area (TPSA) is 50.7 Å². The van der Waals surface area contributed by atoms with Gasteiger partial charge in [-0.05, 0) is 12.1 Å². The van der Waals surface area contributed by atoms with E-state index in [2.05, 4.69) is 10.5 Å². The molecule has 0 aromatic heterocycles. The second kappa shape index (κ2) is 5.29. The third-order valence-corrected chi connectivity index (χ3v) is 2.63. The highest BCUT2D eigenvalue weighted by Gasteiger charge is 2.24. The number of hydrogen-bond donors (Lipinski definition) is 1. The third kappa shape index (κ3) is 3.04. The summed E-state index contributed by atoms with van der Waals surface area (Å²) in [5.41, 5.74) is 0.440. The van der Waals surface area contributed by atoms with Crippen molar-refractivity contribution in [1.29, 1.82) is 0 Å². The number of nitrogens with one attached hydrogen (secondary N) is 1. The van der Waals surface area contributed by atoms with Gasteiger partial charge in [0.25, 0.3) is 0 Å². The van der Waals surface area contributed by atoms with E-state index in [1.807, 2.05) is 0 Å². The fourth-order valence-electron chi connectivity index (χ4n) is 1.69. The molecule has 0 saturated heterocycles. The van der Waals surface area contributed by atoms with Crippen molar-refractivity contribution in [3.8, 4) is 0 Å². The molecule has 0 saturated carbocycles. The maximum atomic E-state index is 13.1. The van der Waals surface area contributed by atoms with E-state index in [0.29, 0.717) is 5.71 Å². The number of hydrogen-bond acceptors (Lipinski definition) is 3. The van der Waals surface area contributed by atoms with Crippen LogP contribution < -0.4 is 5.32 Å². The molecule has 2 rings (SSSR count). The van der Waals surface area contributed by atoms with Crippen LogP contribution in [0.15, 0.2) is 17.3 Å². The van der Waals surface area contributed by atoms with Crippen molar-refractivity contribution in [2.75, 3.05) is 6.54 Å². The minimum Gasteiger partial charge on any atom is -0.390 e. The fraction of sp³-hybridized carbons (Fsp3) is 0.333. The Morgan fingerprint density at radius 3 is 2.63 bits per heavy atom. The summed E-state index contributed by atoms with van der Waals surface area (Å²) in [7, 11) is 0. The lowest BCUT2D eigenvalue weighted by Crippen LogP contribution is -2.30. The van der Waals surface area contributed by atoms with Crippen LogP contribution in [0.1, 0.15) is 18.9 Å². The minimum atomic E-state index is -1.52. The molecule has 19 heavy (non-hydrogen) atoms. The summed E-state index contributed by atoms with van der Waals surface area (Å²) in [6.07, 6.45) is -0.111. The van der Waals surface area contributed by atoms with Crippen molar-refractivity contribution in [3.05, 3.63) is 35.1 Å². The van der Waals surface area contributed by atoms with Crippen LogP contribution in [0.25, 0.3) is 0 Å². The maximum Gasteiger partial charge on any atom is 0.217 e. The lowest BCUT2D eigenvalue weighted by atomic mass is 10.0. The number of amides is 1. The molecule has 1 aromatic rings. The van der Waals surface area contributed by atoms with E-state index in [0.717, 1.165) is 12.1 Å². The van der Waals surface area contributed by atoms with Gasteiger partial charge in [0.05, 0.1) is 12.3 Å². The quantitative estimate of drug-likeness (QED) is 0.852. The maximum absolute atomic E-state index is 13.1. The van der Waals surface area contributed by atoms with Crippen LogP contribution in [0, 0.1) is 17.5 Å². The molecule has 102 valence electrons. The first-order chi connectivity index (χ1) is 8.97. The van der Waals surface area contributed by atoms with Gasteiger partial charge in [-0.25, -0.2) is 13.2 Å². The van der Waals surface area contributed by atoms with Gasteiger partial charge in [-0.3, -0.25) is 4.79 Å². The second-order valence-electron chi connectivity index (χ2n) is 4.16. The van der Waals surface area contributed by atoms with E-state index in [4.69, 9.17) is 4.84 Å². The lowest BCUT2D eigenvalue weighted by molar-refractivity contribution is -0.119. The van der Waals surface area contributed by atoms with Crippen molar-refractivity contribution in [2.24, 2.45) is 5.16 Å². The first-order valence-corrected chi connectivity index (χ1v) is 5.59. The van der Waals surface area contributed by atoms with E-state index < -0.39 is 23.6 Å². The predicted octanol–water partition coefficient (Wildman–Crippen LogP) is 1.73. The van der Waals surface area contributed by atoms with Crippen LogP contribution >= 0.6 is 0 Å². The van der Waals surface area contributed by atoms with E-state index >= 15 is 0 Å². The zero-order valence-corrected chi connectivity index (χ0v) is 10.0. The molecule has 0 unspecified atom stereocenters. The second-order valence-corrected chi connectivity index (χ2v) is 4.16. The van der Waals surface area contributed by atoms with Gasteiger partial charge in [-0.2, -0.15) is 0 Å². The Balaban J connectivity index is 2.06. The number of benzene rings is 1. The van der Waals surface area contributed by atoms with E-state index in [1.54, 1.807) is 0 Å². The van der Waals surface area contributed by atoms with Gasteiger partial charge in [0.2, 0.25) is 5.91 Å². The molecule has 1 heterocycles. The summed E-state index contributed by atoms with van der Waals surface area (Å²) in [5.74, 6) is -4.28. The van der Waals surface area contributed by atoms with Crippen molar-refractivity contribution >= 4 is 11.6 Å². The van der Waals surface area contributed by atoms with Crippen molar-refractivity contribution in [1.82, 2.24) is 5.32 Å². The van der Waals surface area contributed by atoms with Gasteiger partial charge in [-0.1, -0.05) is 5.16 Å². The van der Waals surface area contributed by atoms with Gasteiger partial charge in [0, 0.05) is 18.9 Å². The van der Waals surface area contributed by atoms with Crippen LogP contribution in [-0.4, -0.2) is 24.3 Å². The third-order valence-electron chi connectivity index (χ3n) is 2.63. The van der Waals surface area contributed by atoms with E-state index in [-0.39, 0.29) is 24.4 Å². The summed E-state index contributed by atoms with van der Waals surface area (Å²) >= 11 is 0. The summed E-state index contributed by atoms with van der Waals surface area (Å²) in [6, 6.07) is 1.72. The Morgan fingerprint density at radius 2 is 2.05 bits per heavy atom. The molecular weight excluding hydrogens is 261 g/mol. The van der Waals surface area contributed by atoms with Gasteiger partial charge in [0.15, 0.2) is 17.5 Å². The number of carbonyl (C=O) groups excluding carboxylic acids is 1. The zero-order valence-electron chi connectivity index (χ0n) is 10.0. The molecule has 0 spiro atoms. The molecule has 0 radical (unpaired) electrons. The molecule has 0 fully saturated rings. The first kappa shape index (κ1) is 13.4. The Bertz CT molecular complexity index is 523. The summed E-state index contributed by atoms with van der Waals surface area (Å²) in [5, 5.41) is 6.23. The first-order valence-electron chi connectivity index (χ1n) is 5.59. The SMILES string of the molecule is CC(=O)NC[C@H]1CC(c2cc(F)c(F)c(F)c2)=NO1.